The average Bonchev–Trinajstić information content (AvgIpc) is 2.49. The maximum Gasteiger partial charge on any atom is 0.0941 e. The van der Waals surface area contributed by atoms with Crippen molar-refractivity contribution < 1.29 is 5.11 Å². The predicted octanol–water partition coefficient (Wildman–Crippen LogP) is 1.20. The molecule has 0 saturated heterocycles. The number of nitrogens with zero attached hydrogens (tertiary/aromatic N) is 1. The van der Waals surface area contributed by atoms with Crippen LogP contribution in [0.1, 0.15) is 18.6 Å². The van der Waals surface area contributed by atoms with E-state index in [1.807, 2.05) is 0 Å². The maximum absolute atomic E-state index is 9.46. The average molecular weight is 177 g/mol. The van der Waals surface area contributed by atoms with Crippen LogP contribution in [0.4, 0.5) is 5.69 Å². The molecule has 0 spiro atoms. The third-order valence-electron chi connectivity index (χ3n) is 2.03. The zero-order valence-electron chi connectivity index (χ0n) is 7.28. The number of rotatable bonds is 1. The normalized spacial score (nSPS) is 13.4. The second-order valence-electron chi connectivity index (χ2n) is 3.08. The molecule has 4 N–H and O–H groups in total. The minimum atomic E-state index is -0.547. The summed E-state index contributed by atoms with van der Waals surface area (Å²) in [5.41, 5.74) is 8.69. The Bertz CT molecular complexity index is 433. The van der Waals surface area contributed by atoms with Crippen molar-refractivity contribution in [3.8, 4) is 0 Å². The standard InChI is InChI=1S/C9H11N3O/c1-5(13)7-2-6(10)3-8-9(7)12-4-11-8/h2-5,13H,10H2,1H3,(H,11,12). The van der Waals surface area contributed by atoms with Crippen LogP contribution in [0.2, 0.25) is 0 Å². The maximum atomic E-state index is 9.46. The number of aromatic nitrogens is 2. The summed E-state index contributed by atoms with van der Waals surface area (Å²) >= 11 is 0. The molecule has 4 nitrogen and oxygen atoms in total. The van der Waals surface area contributed by atoms with E-state index in [4.69, 9.17) is 5.73 Å². The van der Waals surface area contributed by atoms with Gasteiger partial charge in [0.1, 0.15) is 0 Å². The first-order valence-electron chi connectivity index (χ1n) is 4.09. The lowest BCUT2D eigenvalue weighted by Gasteiger charge is -2.06. The highest BCUT2D eigenvalue weighted by molar-refractivity contribution is 5.82. The number of hydrogen-bond donors (Lipinski definition) is 3. The second kappa shape index (κ2) is 2.74. The quantitative estimate of drug-likeness (QED) is 0.573. The Hall–Kier alpha value is -1.55. The first-order chi connectivity index (χ1) is 6.18. The fourth-order valence-corrected chi connectivity index (χ4v) is 1.42. The van der Waals surface area contributed by atoms with E-state index < -0.39 is 6.10 Å². The van der Waals surface area contributed by atoms with Crippen LogP contribution >= 0.6 is 0 Å². The molecule has 1 unspecified atom stereocenters. The summed E-state index contributed by atoms with van der Waals surface area (Å²) in [6, 6.07) is 3.54. The molecule has 0 aliphatic heterocycles. The van der Waals surface area contributed by atoms with Crippen LogP contribution in [0.5, 0.6) is 0 Å². The number of nitrogen functional groups attached to an aromatic ring is 1. The Morgan fingerprint density at radius 2 is 2.31 bits per heavy atom. The van der Waals surface area contributed by atoms with E-state index >= 15 is 0 Å². The monoisotopic (exact) mass is 177 g/mol. The summed E-state index contributed by atoms with van der Waals surface area (Å²) < 4.78 is 0. The van der Waals surface area contributed by atoms with Crippen molar-refractivity contribution in [3.63, 3.8) is 0 Å². The molecule has 1 atom stereocenters. The molecule has 1 aromatic carbocycles. The molecule has 0 bridgehead atoms. The SMILES string of the molecule is CC(O)c1cc(N)cc2[nH]cnc12. The van der Waals surface area contributed by atoms with E-state index in [-0.39, 0.29) is 0 Å². The first kappa shape index (κ1) is 8.07. The van der Waals surface area contributed by atoms with Crippen molar-refractivity contribution in [1.29, 1.82) is 0 Å². The van der Waals surface area contributed by atoms with Gasteiger partial charge in [0.25, 0.3) is 0 Å². The summed E-state index contributed by atoms with van der Waals surface area (Å²) in [7, 11) is 0. The van der Waals surface area contributed by atoms with Gasteiger partial charge in [-0.2, -0.15) is 0 Å². The van der Waals surface area contributed by atoms with E-state index in [0.29, 0.717) is 5.69 Å². The number of aliphatic hydroxyl groups excluding tert-OH is 1. The number of H-pyrrole nitrogens is 1. The molecule has 1 aromatic heterocycles. The highest BCUT2D eigenvalue weighted by Crippen LogP contribution is 2.24. The van der Waals surface area contributed by atoms with Crippen molar-refractivity contribution in [2.24, 2.45) is 0 Å². The number of nitrogens with one attached hydrogen (secondary N) is 1. The van der Waals surface area contributed by atoms with Crippen LogP contribution in [0, 0.1) is 0 Å². The zero-order chi connectivity index (χ0) is 9.42. The van der Waals surface area contributed by atoms with E-state index in [1.54, 1.807) is 25.4 Å². The van der Waals surface area contributed by atoms with Crippen molar-refractivity contribution in [2.75, 3.05) is 5.73 Å². The molecule has 2 rings (SSSR count). The molecule has 0 aliphatic rings. The summed E-state index contributed by atoms with van der Waals surface area (Å²) in [6.07, 6.45) is 1.05. The molecule has 0 aliphatic carbocycles. The summed E-state index contributed by atoms with van der Waals surface area (Å²) in [4.78, 5) is 7.06. The predicted molar refractivity (Wildman–Crippen MR) is 51.1 cm³/mol. The van der Waals surface area contributed by atoms with Gasteiger partial charge in [0.15, 0.2) is 0 Å². The van der Waals surface area contributed by atoms with Gasteiger partial charge in [-0.25, -0.2) is 4.98 Å². The molecule has 13 heavy (non-hydrogen) atoms. The number of fused-ring (bicyclic) bond motifs is 1. The van der Waals surface area contributed by atoms with Crippen LogP contribution in [-0.4, -0.2) is 15.1 Å². The van der Waals surface area contributed by atoms with E-state index in [2.05, 4.69) is 9.97 Å². The lowest BCUT2D eigenvalue weighted by molar-refractivity contribution is 0.201. The Labute approximate surface area is 75.4 Å². The van der Waals surface area contributed by atoms with Gasteiger partial charge in [-0.15, -0.1) is 0 Å². The topological polar surface area (TPSA) is 74.9 Å². The fourth-order valence-electron chi connectivity index (χ4n) is 1.42. The molecule has 0 saturated carbocycles. The number of hydrogen-bond acceptors (Lipinski definition) is 3. The Morgan fingerprint density at radius 3 is 3.00 bits per heavy atom. The molecule has 0 amide bonds. The number of aromatic amines is 1. The fraction of sp³-hybridized carbons (Fsp3) is 0.222. The number of imidazole rings is 1. The van der Waals surface area contributed by atoms with Crippen LogP contribution in [-0.2, 0) is 0 Å². The first-order valence-corrected chi connectivity index (χ1v) is 4.09. The Kier molecular flexibility index (Phi) is 1.70. The van der Waals surface area contributed by atoms with Gasteiger partial charge in [0.05, 0.1) is 23.5 Å². The molecule has 68 valence electrons. The lowest BCUT2D eigenvalue weighted by Crippen LogP contribution is -1.95. The largest absolute Gasteiger partial charge is 0.399 e. The van der Waals surface area contributed by atoms with Gasteiger partial charge in [0.2, 0.25) is 0 Å². The molecular weight excluding hydrogens is 166 g/mol. The molecular formula is C9H11N3O. The van der Waals surface area contributed by atoms with Gasteiger partial charge in [-0.05, 0) is 19.1 Å². The second-order valence-corrected chi connectivity index (χ2v) is 3.08. The van der Waals surface area contributed by atoms with Crippen LogP contribution < -0.4 is 5.73 Å². The van der Waals surface area contributed by atoms with Crippen LogP contribution in [0.3, 0.4) is 0 Å². The van der Waals surface area contributed by atoms with Gasteiger partial charge in [0, 0.05) is 11.3 Å². The Morgan fingerprint density at radius 1 is 1.54 bits per heavy atom. The third-order valence-corrected chi connectivity index (χ3v) is 2.03. The lowest BCUT2D eigenvalue weighted by atomic mass is 10.1. The third kappa shape index (κ3) is 1.25. The van der Waals surface area contributed by atoms with E-state index in [0.717, 1.165) is 16.6 Å². The molecule has 0 fully saturated rings. The molecule has 4 heteroatoms. The molecule has 0 radical (unpaired) electrons. The number of benzene rings is 1. The van der Waals surface area contributed by atoms with Crippen LogP contribution in [0.15, 0.2) is 18.5 Å². The zero-order valence-corrected chi connectivity index (χ0v) is 7.28. The van der Waals surface area contributed by atoms with E-state index in [1.165, 1.54) is 0 Å². The van der Waals surface area contributed by atoms with Gasteiger partial charge in [-0.1, -0.05) is 0 Å². The summed E-state index contributed by atoms with van der Waals surface area (Å²) in [6.45, 7) is 1.70. The highest BCUT2D eigenvalue weighted by atomic mass is 16.3. The van der Waals surface area contributed by atoms with Gasteiger partial charge in [-0.3, -0.25) is 0 Å². The van der Waals surface area contributed by atoms with Gasteiger partial charge < -0.3 is 15.8 Å². The van der Waals surface area contributed by atoms with E-state index in [9.17, 15) is 5.11 Å². The number of anilines is 1. The Balaban J connectivity index is 2.77. The number of nitrogens with two attached hydrogens (primary N) is 1. The smallest absolute Gasteiger partial charge is 0.0941 e. The van der Waals surface area contributed by atoms with Crippen molar-refractivity contribution in [1.82, 2.24) is 9.97 Å². The number of aliphatic hydroxyl groups is 1. The van der Waals surface area contributed by atoms with Crippen molar-refractivity contribution in [3.05, 3.63) is 24.0 Å². The minimum Gasteiger partial charge on any atom is -0.399 e. The van der Waals surface area contributed by atoms with Crippen molar-refractivity contribution >= 4 is 16.7 Å². The molecule has 2 aromatic rings. The molecule has 1 heterocycles. The van der Waals surface area contributed by atoms with Gasteiger partial charge >= 0.3 is 0 Å². The summed E-state index contributed by atoms with van der Waals surface area (Å²) in [5.74, 6) is 0. The highest BCUT2D eigenvalue weighted by Gasteiger charge is 2.09. The summed E-state index contributed by atoms with van der Waals surface area (Å²) in [5, 5.41) is 9.46. The minimum absolute atomic E-state index is 0.547. The van der Waals surface area contributed by atoms with Crippen LogP contribution in [0.25, 0.3) is 11.0 Å². The van der Waals surface area contributed by atoms with Crippen molar-refractivity contribution in [2.45, 2.75) is 13.0 Å².